The third-order valence-electron chi connectivity index (χ3n) is 5.49. The second-order valence-corrected chi connectivity index (χ2v) is 7.48. The van der Waals surface area contributed by atoms with Crippen molar-refractivity contribution in [2.75, 3.05) is 6.61 Å². The van der Waals surface area contributed by atoms with Crippen LogP contribution in [0.15, 0.2) is 47.3 Å². The monoisotopic (exact) mass is 417 g/mol. The maximum absolute atomic E-state index is 12.3. The lowest BCUT2D eigenvalue weighted by Crippen LogP contribution is -2.10. The minimum absolute atomic E-state index is 0.0621. The molecule has 0 bridgehead atoms. The van der Waals surface area contributed by atoms with E-state index >= 15 is 0 Å². The van der Waals surface area contributed by atoms with Gasteiger partial charge in [-0.05, 0) is 48.1 Å². The average molecular weight is 417 g/mol. The number of H-pyrrole nitrogens is 2. The van der Waals surface area contributed by atoms with Crippen LogP contribution in [0.2, 0.25) is 0 Å². The summed E-state index contributed by atoms with van der Waals surface area (Å²) in [6, 6.07) is 13.6. The molecule has 0 aliphatic heterocycles. The molecule has 0 amide bonds. The summed E-state index contributed by atoms with van der Waals surface area (Å²) in [6.45, 7) is 2.32. The predicted molar refractivity (Wildman–Crippen MR) is 113 cm³/mol. The van der Waals surface area contributed by atoms with Gasteiger partial charge in [0.2, 0.25) is 0 Å². The van der Waals surface area contributed by atoms with E-state index in [1.807, 2.05) is 49.4 Å². The van der Waals surface area contributed by atoms with E-state index < -0.39 is 5.97 Å². The molecule has 0 radical (unpaired) electrons. The minimum atomic E-state index is -0.746. The summed E-state index contributed by atoms with van der Waals surface area (Å²) in [5, 5.41) is 19.2. The van der Waals surface area contributed by atoms with Crippen LogP contribution in [0.5, 0.6) is 5.75 Å². The van der Waals surface area contributed by atoms with Gasteiger partial charge < -0.3 is 14.8 Å². The molecule has 2 heterocycles. The molecule has 2 aromatic carbocycles. The van der Waals surface area contributed by atoms with Gasteiger partial charge in [0.05, 0.1) is 18.1 Å². The number of carboxylic acid groups (broad SMARTS) is 1. The van der Waals surface area contributed by atoms with Gasteiger partial charge in [-0.2, -0.15) is 0 Å². The largest absolute Gasteiger partial charge is 0.493 e. The predicted octanol–water partition coefficient (Wildman–Crippen LogP) is 2.96. The quantitative estimate of drug-likeness (QED) is 0.439. The van der Waals surface area contributed by atoms with Crippen LogP contribution in [0.3, 0.4) is 0 Å². The first-order valence-electron chi connectivity index (χ1n) is 9.96. The van der Waals surface area contributed by atoms with Crippen molar-refractivity contribution in [1.29, 1.82) is 0 Å². The summed E-state index contributed by atoms with van der Waals surface area (Å²) in [4.78, 5) is 30.6. The van der Waals surface area contributed by atoms with Gasteiger partial charge in [-0.15, -0.1) is 5.10 Å². The number of benzene rings is 2. The number of nitrogens with one attached hydrogen (secondary N) is 2. The zero-order valence-corrected chi connectivity index (χ0v) is 16.6. The summed E-state index contributed by atoms with van der Waals surface area (Å²) in [7, 11) is 0. The number of hydrogen-bond donors (Lipinski definition) is 3. The van der Waals surface area contributed by atoms with E-state index in [1.165, 1.54) is 0 Å². The minimum Gasteiger partial charge on any atom is -0.493 e. The van der Waals surface area contributed by atoms with E-state index in [0.717, 1.165) is 16.7 Å². The van der Waals surface area contributed by atoms with Gasteiger partial charge in [-0.25, -0.2) is 10.1 Å². The lowest BCUT2D eigenvalue weighted by atomic mass is 9.99. The zero-order chi connectivity index (χ0) is 21.5. The molecule has 9 nitrogen and oxygen atoms in total. The molecule has 31 heavy (non-hydrogen) atoms. The highest BCUT2D eigenvalue weighted by Crippen LogP contribution is 2.48. The van der Waals surface area contributed by atoms with Crippen molar-refractivity contribution in [2.24, 2.45) is 5.92 Å². The summed E-state index contributed by atoms with van der Waals surface area (Å²) in [5.74, 6) is -0.0485. The first kappa shape index (κ1) is 19.0. The van der Waals surface area contributed by atoms with Crippen LogP contribution in [0.4, 0.5) is 0 Å². The Morgan fingerprint density at radius 2 is 2.06 bits per heavy atom. The summed E-state index contributed by atoms with van der Waals surface area (Å²) in [5.41, 5.74) is 3.62. The van der Waals surface area contributed by atoms with Gasteiger partial charge in [0.1, 0.15) is 11.6 Å². The Bertz CT molecular complexity index is 1360. The van der Waals surface area contributed by atoms with Crippen LogP contribution < -0.4 is 10.3 Å². The van der Waals surface area contributed by atoms with Gasteiger partial charge in [0.15, 0.2) is 11.2 Å². The van der Waals surface area contributed by atoms with E-state index in [0.29, 0.717) is 35.8 Å². The zero-order valence-electron chi connectivity index (χ0n) is 16.6. The van der Waals surface area contributed by atoms with Gasteiger partial charge in [0.25, 0.3) is 5.56 Å². The lowest BCUT2D eigenvalue weighted by Gasteiger charge is -2.12. The molecule has 2 atom stereocenters. The number of aromatic nitrogens is 5. The maximum atomic E-state index is 12.3. The van der Waals surface area contributed by atoms with Crippen LogP contribution >= 0.6 is 0 Å². The molecular weight excluding hydrogens is 398 g/mol. The topological polar surface area (TPSA) is 134 Å². The summed E-state index contributed by atoms with van der Waals surface area (Å²) < 4.78 is 5.84. The number of ether oxygens (including phenoxy) is 1. The number of aromatic amines is 2. The molecule has 5 rings (SSSR count). The van der Waals surface area contributed by atoms with Crippen LogP contribution in [-0.2, 0) is 4.79 Å². The Morgan fingerprint density at radius 3 is 2.84 bits per heavy atom. The fraction of sp³-hybridized carbons (Fsp3) is 0.227. The smallest absolute Gasteiger partial charge is 0.307 e. The maximum Gasteiger partial charge on any atom is 0.307 e. The Kier molecular flexibility index (Phi) is 4.50. The van der Waals surface area contributed by atoms with Crippen molar-refractivity contribution in [3.8, 4) is 28.3 Å². The van der Waals surface area contributed by atoms with Gasteiger partial charge in [-0.3, -0.25) is 9.59 Å². The van der Waals surface area contributed by atoms with Crippen LogP contribution in [0.1, 0.15) is 24.8 Å². The first-order chi connectivity index (χ1) is 15.0. The third kappa shape index (κ3) is 3.43. The molecule has 0 unspecified atom stereocenters. The normalized spacial score (nSPS) is 17.6. The molecule has 9 heteroatoms. The highest BCUT2D eigenvalue weighted by Gasteiger charge is 2.44. The fourth-order valence-electron chi connectivity index (χ4n) is 3.85. The van der Waals surface area contributed by atoms with E-state index in [-0.39, 0.29) is 22.9 Å². The molecule has 1 saturated carbocycles. The molecule has 1 aliphatic rings. The van der Waals surface area contributed by atoms with Crippen LogP contribution in [0.25, 0.3) is 33.7 Å². The molecule has 0 saturated heterocycles. The number of aliphatic carboxylic acids is 1. The van der Waals surface area contributed by atoms with E-state index in [4.69, 9.17) is 4.74 Å². The fourth-order valence-corrected chi connectivity index (χ4v) is 3.85. The average Bonchev–Trinajstić information content (AvgIpc) is 3.44. The van der Waals surface area contributed by atoms with E-state index in [9.17, 15) is 14.7 Å². The number of hydrogen-bond acceptors (Lipinski definition) is 6. The van der Waals surface area contributed by atoms with Crippen molar-refractivity contribution in [2.45, 2.75) is 19.3 Å². The van der Waals surface area contributed by atoms with Crippen molar-refractivity contribution in [1.82, 2.24) is 25.4 Å². The number of fused-ring (bicyclic) bond motifs is 1. The Balaban J connectivity index is 1.54. The highest BCUT2D eigenvalue weighted by atomic mass is 16.5. The van der Waals surface area contributed by atoms with Crippen LogP contribution in [0, 0.1) is 5.92 Å². The number of carbonyl (C=O) groups is 1. The van der Waals surface area contributed by atoms with Crippen LogP contribution in [-0.4, -0.2) is 43.1 Å². The Hall–Kier alpha value is -4.01. The lowest BCUT2D eigenvalue weighted by molar-refractivity contribution is -0.138. The molecule has 1 fully saturated rings. The first-order valence-corrected chi connectivity index (χ1v) is 9.96. The van der Waals surface area contributed by atoms with Gasteiger partial charge in [0, 0.05) is 0 Å². The highest BCUT2D eigenvalue weighted by molar-refractivity contribution is 5.78. The molecule has 4 aromatic rings. The molecule has 156 valence electrons. The molecule has 1 aliphatic carbocycles. The Morgan fingerprint density at radius 1 is 1.23 bits per heavy atom. The van der Waals surface area contributed by atoms with Crippen molar-refractivity contribution in [3.05, 3.63) is 58.4 Å². The molecule has 0 spiro atoms. The van der Waals surface area contributed by atoms with Crippen molar-refractivity contribution in [3.63, 3.8) is 0 Å². The Labute approximate surface area is 176 Å². The van der Waals surface area contributed by atoms with Gasteiger partial charge >= 0.3 is 5.97 Å². The van der Waals surface area contributed by atoms with Gasteiger partial charge in [-0.1, -0.05) is 35.5 Å². The summed E-state index contributed by atoms with van der Waals surface area (Å²) >= 11 is 0. The number of nitrogens with zero attached hydrogens (tertiary/aromatic N) is 3. The second-order valence-electron chi connectivity index (χ2n) is 7.48. The molecule has 2 aromatic heterocycles. The third-order valence-corrected chi connectivity index (χ3v) is 5.49. The SMILES string of the molecule is CCOc1cc(-c2cccc([C@H]3C[C@@H]3C(=O)O)c2)ccc1-c1nc2[nH]nnc2c(=O)[nH]1. The second kappa shape index (κ2) is 7.35. The molecule has 3 N–H and O–H groups in total. The summed E-state index contributed by atoms with van der Waals surface area (Å²) in [6.07, 6.45) is 0.673. The standard InChI is InChI=1S/C22H19N5O4/c1-2-31-17-9-12(11-4-3-5-13(8-11)15-10-16(15)22(29)30)6-7-14(17)19-23-20-18(21(28)24-19)25-27-26-20/h3-9,15-16H,2,10H2,1H3,(H,29,30)(H2,23,24,25,26,27,28)/t15-,16+/m1/s1. The van der Waals surface area contributed by atoms with Crippen molar-refractivity contribution >= 4 is 17.1 Å². The van der Waals surface area contributed by atoms with Crippen molar-refractivity contribution < 1.29 is 14.6 Å². The van der Waals surface area contributed by atoms with E-state index in [2.05, 4.69) is 25.4 Å². The number of rotatable bonds is 6. The van der Waals surface area contributed by atoms with E-state index in [1.54, 1.807) is 0 Å². The number of carboxylic acids is 1. The molecular formula is C22H19N5O4.